The molecule has 15 heavy (non-hydrogen) atoms. The molecule has 0 aromatic heterocycles. The number of carboxylic acid groups (broad SMARTS) is 1. The van der Waals surface area contributed by atoms with E-state index in [0.29, 0.717) is 5.56 Å². The molecular formula is C11H14O4. The van der Waals surface area contributed by atoms with Crippen LogP contribution in [0.3, 0.4) is 0 Å². The van der Waals surface area contributed by atoms with E-state index in [1.54, 1.807) is 0 Å². The van der Waals surface area contributed by atoms with Crippen LogP contribution in [-0.2, 0) is 0 Å². The zero-order valence-corrected chi connectivity index (χ0v) is 8.64. The number of hydrogen-bond acceptors (Lipinski definition) is 3. The second kappa shape index (κ2) is 4.00. The zero-order valence-electron chi connectivity index (χ0n) is 8.64. The molecule has 4 nitrogen and oxygen atoms in total. The Morgan fingerprint density at radius 1 is 1.27 bits per heavy atom. The lowest BCUT2D eigenvalue weighted by Crippen LogP contribution is -2.28. The van der Waals surface area contributed by atoms with Crippen molar-refractivity contribution in [2.75, 3.05) is 0 Å². The summed E-state index contributed by atoms with van der Waals surface area (Å²) < 4.78 is 0. The van der Waals surface area contributed by atoms with Gasteiger partial charge in [0.2, 0.25) is 0 Å². The number of aliphatic hydroxyl groups is 2. The molecule has 1 aromatic carbocycles. The Hall–Kier alpha value is -1.39. The topological polar surface area (TPSA) is 77.8 Å². The minimum absolute atomic E-state index is 0.154. The van der Waals surface area contributed by atoms with Gasteiger partial charge in [-0.15, -0.1) is 0 Å². The molecule has 0 aliphatic heterocycles. The maximum atomic E-state index is 10.6. The lowest BCUT2D eigenvalue weighted by Gasteiger charge is -2.24. The van der Waals surface area contributed by atoms with E-state index in [-0.39, 0.29) is 5.56 Å². The van der Waals surface area contributed by atoms with Crippen molar-refractivity contribution in [2.45, 2.75) is 25.6 Å². The van der Waals surface area contributed by atoms with Crippen LogP contribution in [0.15, 0.2) is 24.3 Å². The van der Waals surface area contributed by atoms with E-state index < -0.39 is 17.7 Å². The number of benzene rings is 1. The highest BCUT2D eigenvalue weighted by Crippen LogP contribution is 2.25. The van der Waals surface area contributed by atoms with Crippen molar-refractivity contribution in [3.05, 3.63) is 35.4 Å². The minimum atomic E-state index is -1.25. The second-order valence-corrected chi connectivity index (χ2v) is 3.98. The maximum Gasteiger partial charge on any atom is 0.335 e. The van der Waals surface area contributed by atoms with Crippen LogP contribution in [0.2, 0.25) is 0 Å². The maximum absolute atomic E-state index is 10.6. The van der Waals surface area contributed by atoms with Gasteiger partial charge in [0.1, 0.15) is 6.10 Å². The summed E-state index contributed by atoms with van der Waals surface area (Å²) in [5.41, 5.74) is -0.598. The largest absolute Gasteiger partial charge is 0.478 e. The zero-order chi connectivity index (χ0) is 11.6. The van der Waals surface area contributed by atoms with Crippen molar-refractivity contribution in [2.24, 2.45) is 0 Å². The summed E-state index contributed by atoms with van der Waals surface area (Å²) >= 11 is 0. The molecule has 82 valence electrons. The lowest BCUT2D eigenvalue weighted by molar-refractivity contribution is -0.0496. The SMILES string of the molecule is CC(C)(O)C(O)c1ccc(C(=O)O)cc1. The van der Waals surface area contributed by atoms with Crippen LogP contribution >= 0.6 is 0 Å². The summed E-state index contributed by atoms with van der Waals surface area (Å²) in [5, 5.41) is 27.9. The molecule has 0 aliphatic carbocycles. The van der Waals surface area contributed by atoms with Crippen LogP contribution in [0.25, 0.3) is 0 Å². The first-order chi connectivity index (χ1) is 6.82. The molecule has 0 spiro atoms. The first kappa shape index (κ1) is 11.7. The van der Waals surface area contributed by atoms with Crippen molar-refractivity contribution in [3.8, 4) is 0 Å². The van der Waals surface area contributed by atoms with E-state index >= 15 is 0 Å². The van der Waals surface area contributed by atoms with Gasteiger partial charge in [-0.05, 0) is 31.5 Å². The molecule has 1 unspecified atom stereocenters. The first-order valence-electron chi connectivity index (χ1n) is 4.56. The molecule has 0 aliphatic rings. The van der Waals surface area contributed by atoms with Crippen LogP contribution in [-0.4, -0.2) is 26.9 Å². The molecular weight excluding hydrogens is 196 g/mol. The monoisotopic (exact) mass is 210 g/mol. The highest BCUT2D eigenvalue weighted by molar-refractivity contribution is 5.87. The predicted octanol–water partition coefficient (Wildman–Crippen LogP) is 1.19. The van der Waals surface area contributed by atoms with Gasteiger partial charge in [-0.25, -0.2) is 4.79 Å². The van der Waals surface area contributed by atoms with Crippen LogP contribution in [0, 0.1) is 0 Å². The molecule has 4 heteroatoms. The van der Waals surface area contributed by atoms with Crippen molar-refractivity contribution < 1.29 is 20.1 Å². The highest BCUT2D eigenvalue weighted by atomic mass is 16.4. The van der Waals surface area contributed by atoms with Gasteiger partial charge in [0, 0.05) is 0 Å². The lowest BCUT2D eigenvalue weighted by atomic mass is 9.94. The third-order valence-electron chi connectivity index (χ3n) is 2.14. The Morgan fingerprint density at radius 3 is 2.07 bits per heavy atom. The Morgan fingerprint density at radius 2 is 1.73 bits per heavy atom. The fraction of sp³-hybridized carbons (Fsp3) is 0.364. The van der Waals surface area contributed by atoms with Crippen molar-refractivity contribution >= 4 is 5.97 Å². The summed E-state index contributed by atoms with van der Waals surface area (Å²) in [7, 11) is 0. The number of rotatable bonds is 3. The quantitative estimate of drug-likeness (QED) is 0.700. The molecule has 1 rings (SSSR count). The number of carbonyl (C=O) groups is 1. The Kier molecular flexibility index (Phi) is 3.12. The van der Waals surface area contributed by atoms with E-state index in [9.17, 15) is 15.0 Å². The van der Waals surface area contributed by atoms with Crippen LogP contribution in [0.4, 0.5) is 0 Å². The van der Waals surface area contributed by atoms with E-state index in [1.165, 1.54) is 38.1 Å². The first-order valence-corrected chi connectivity index (χ1v) is 4.56. The smallest absolute Gasteiger partial charge is 0.335 e. The number of aliphatic hydroxyl groups excluding tert-OH is 1. The third-order valence-corrected chi connectivity index (χ3v) is 2.14. The van der Waals surface area contributed by atoms with Gasteiger partial charge in [0.15, 0.2) is 0 Å². The summed E-state index contributed by atoms with van der Waals surface area (Å²) in [5.74, 6) is -1.01. The third kappa shape index (κ3) is 2.78. The molecule has 0 bridgehead atoms. The van der Waals surface area contributed by atoms with Crippen LogP contribution < -0.4 is 0 Å². The molecule has 0 radical (unpaired) electrons. The molecule has 3 N–H and O–H groups in total. The van der Waals surface area contributed by atoms with Gasteiger partial charge < -0.3 is 15.3 Å². The molecule has 1 atom stereocenters. The fourth-order valence-corrected chi connectivity index (χ4v) is 1.22. The Labute approximate surface area is 87.8 Å². The van der Waals surface area contributed by atoms with Gasteiger partial charge in [-0.3, -0.25) is 0 Å². The van der Waals surface area contributed by atoms with Gasteiger partial charge in [-0.1, -0.05) is 12.1 Å². The number of hydrogen-bond donors (Lipinski definition) is 3. The predicted molar refractivity (Wildman–Crippen MR) is 54.7 cm³/mol. The van der Waals surface area contributed by atoms with Crippen LogP contribution in [0.5, 0.6) is 0 Å². The van der Waals surface area contributed by atoms with Crippen molar-refractivity contribution in [3.63, 3.8) is 0 Å². The summed E-state index contributed by atoms with van der Waals surface area (Å²) in [4.78, 5) is 10.6. The molecule has 0 saturated heterocycles. The van der Waals surface area contributed by atoms with Crippen molar-refractivity contribution in [1.29, 1.82) is 0 Å². The minimum Gasteiger partial charge on any atom is -0.478 e. The van der Waals surface area contributed by atoms with E-state index in [2.05, 4.69) is 0 Å². The van der Waals surface area contributed by atoms with Gasteiger partial charge in [0.25, 0.3) is 0 Å². The van der Waals surface area contributed by atoms with Crippen molar-refractivity contribution in [1.82, 2.24) is 0 Å². The fourth-order valence-electron chi connectivity index (χ4n) is 1.22. The summed E-state index contributed by atoms with van der Waals surface area (Å²) in [6.45, 7) is 2.98. The normalized spacial score (nSPS) is 13.6. The molecule has 0 fully saturated rings. The van der Waals surface area contributed by atoms with Crippen LogP contribution in [0.1, 0.15) is 35.9 Å². The van der Waals surface area contributed by atoms with Gasteiger partial charge in [0.05, 0.1) is 11.2 Å². The van der Waals surface area contributed by atoms with E-state index in [1.807, 2.05) is 0 Å². The Bertz CT molecular complexity index is 348. The second-order valence-electron chi connectivity index (χ2n) is 3.98. The number of carboxylic acids is 1. The van der Waals surface area contributed by atoms with Gasteiger partial charge in [-0.2, -0.15) is 0 Å². The highest BCUT2D eigenvalue weighted by Gasteiger charge is 2.25. The molecule has 0 heterocycles. The van der Waals surface area contributed by atoms with Gasteiger partial charge >= 0.3 is 5.97 Å². The van der Waals surface area contributed by atoms with E-state index in [0.717, 1.165) is 0 Å². The molecule has 0 amide bonds. The summed E-state index contributed by atoms with van der Waals surface area (Å²) in [6, 6.07) is 5.78. The summed E-state index contributed by atoms with van der Waals surface area (Å²) in [6.07, 6.45) is -1.03. The molecule has 1 aromatic rings. The Balaban J connectivity index is 2.94. The standard InChI is InChI=1S/C11H14O4/c1-11(2,15)9(12)7-3-5-8(6-4-7)10(13)14/h3-6,9,12,15H,1-2H3,(H,13,14). The number of aromatic carboxylic acids is 1. The average molecular weight is 210 g/mol. The van der Waals surface area contributed by atoms with E-state index in [4.69, 9.17) is 5.11 Å². The molecule has 0 saturated carbocycles. The average Bonchev–Trinajstić information content (AvgIpc) is 2.15.